The van der Waals surface area contributed by atoms with Crippen molar-refractivity contribution in [3.63, 3.8) is 0 Å². The van der Waals surface area contributed by atoms with E-state index >= 15 is 0 Å². The van der Waals surface area contributed by atoms with E-state index in [0.29, 0.717) is 19.8 Å². The van der Waals surface area contributed by atoms with Crippen LogP contribution in [-0.2, 0) is 11.3 Å². The molecule has 4 nitrogen and oxygen atoms in total. The monoisotopic (exact) mass is 360 g/mol. The molecule has 0 aromatic heterocycles. The second kappa shape index (κ2) is 9.66. The molecular formula is C20H25ClN2O2. The molecule has 2 aromatic rings. The Hall–Kier alpha value is -1.75. The molecule has 0 amide bonds. The van der Waals surface area contributed by atoms with E-state index in [-0.39, 0.29) is 0 Å². The van der Waals surface area contributed by atoms with E-state index < -0.39 is 0 Å². The highest BCUT2D eigenvalue weighted by Gasteiger charge is 2.09. The van der Waals surface area contributed by atoms with Gasteiger partial charge in [0.25, 0.3) is 0 Å². The number of hydrogen-bond donors (Lipinski definition) is 1. The number of rotatable bonds is 8. The summed E-state index contributed by atoms with van der Waals surface area (Å²) in [6.45, 7) is 6.06. The molecule has 3 rings (SSSR count). The third-order valence-corrected chi connectivity index (χ3v) is 4.60. The van der Waals surface area contributed by atoms with Gasteiger partial charge in [-0.05, 0) is 35.9 Å². The van der Waals surface area contributed by atoms with Crippen LogP contribution in [0.5, 0.6) is 5.75 Å². The standard InChI is InChI=1S/C20H25ClN2O2/c21-20-5-2-1-4-17(20)16-24-14-3-15-25-19-8-6-18(7-9-19)23-12-10-22-11-13-23/h1-2,4-9,22H,3,10-16H2. The summed E-state index contributed by atoms with van der Waals surface area (Å²) >= 11 is 6.10. The summed E-state index contributed by atoms with van der Waals surface area (Å²) in [6, 6.07) is 16.1. The Morgan fingerprint density at radius 3 is 2.48 bits per heavy atom. The van der Waals surface area contributed by atoms with Gasteiger partial charge in [-0.15, -0.1) is 0 Å². The molecule has 1 aliphatic rings. The minimum Gasteiger partial charge on any atom is -0.494 e. The highest BCUT2D eigenvalue weighted by Crippen LogP contribution is 2.20. The van der Waals surface area contributed by atoms with Crippen LogP contribution in [0.1, 0.15) is 12.0 Å². The number of ether oxygens (including phenoxy) is 2. The quantitative estimate of drug-likeness (QED) is 0.727. The first-order valence-corrected chi connectivity index (χ1v) is 9.20. The van der Waals surface area contributed by atoms with E-state index in [9.17, 15) is 0 Å². The Labute approximate surface area is 154 Å². The largest absolute Gasteiger partial charge is 0.494 e. The zero-order valence-corrected chi connectivity index (χ0v) is 15.2. The van der Waals surface area contributed by atoms with Crippen molar-refractivity contribution in [1.29, 1.82) is 0 Å². The van der Waals surface area contributed by atoms with E-state index in [1.54, 1.807) is 0 Å². The average Bonchev–Trinajstić information content (AvgIpc) is 2.67. The summed E-state index contributed by atoms with van der Waals surface area (Å²) in [5.41, 5.74) is 2.28. The second-order valence-electron chi connectivity index (χ2n) is 6.08. The molecule has 0 atom stereocenters. The van der Waals surface area contributed by atoms with E-state index in [1.807, 2.05) is 36.4 Å². The highest BCUT2D eigenvalue weighted by atomic mass is 35.5. The van der Waals surface area contributed by atoms with Crippen molar-refractivity contribution in [2.45, 2.75) is 13.0 Å². The zero-order valence-electron chi connectivity index (χ0n) is 14.4. The Morgan fingerprint density at radius 2 is 1.72 bits per heavy atom. The Kier molecular flexibility index (Phi) is 6.98. The Bertz CT molecular complexity index is 642. The van der Waals surface area contributed by atoms with Gasteiger partial charge >= 0.3 is 0 Å². The lowest BCUT2D eigenvalue weighted by Gasteiger charge is -2.29. The number of benzene rings is 2. The maximum atomic E-state index is 6.10. The number of hydrogen-bond acceptors (Lipinski definition) is 4. The molecule has 0 saturated carbocycles. The molecule has 1 N–H and O–H groups in total. The lowest BCUT2D eigenvalue weighted by Crippen LogP contribution is -2.43. The van der Waals surface area contributed by atoms with Crippen LogP contribution in [0.3, 0.4) is 0 Å². The van der Waals surface area contributed by atoms with Crippen molar-refractivity contribution in [2.75, 3.05) is 44.3 Å². The third kappa shape index (κ3) is 5.63. The van der Waals surface area contributed by atoms with Crippen LogP contribution in [0.4, 0.5) is 5.69 Å². The van der Waals surface area contributed by atoms with Crippen LogP contribution in [0.15, 0.2) is 48.5 Å². The number of nitrogens with zero attached hydrogens (tertiary/aromatic N) is 1. The summed E-state index contributed by atoms with van der Waals surface area (Å²) in [7, 11) is 0. The van der Waals surface area contributed by atoms with Gasteiger partial charge in [0.1, 0.15) is 5.75 Å². The van der Waals surface area contributed by atoms with Crippen molar-refractivity contribution in [3.05, 3.63) is 59.1 Å². The van der Waals surface area contributed by atoms with Gasteiger partial charge in [0.05, 0.1) is 19.8 Å². The molecule has 0 spiro atoms. The van der Waals surface area contributed by atoms with Crippen LogP contribution >= 0.6 is 11.6 Å². The van der Waals surface area contributed by atoms with Crippen molar-refractivity contribution < 1.29 is 9.47 Å². The molecule has 0 radical (unpaired) electrons. The molecule has 0 unspecified atom stereocenters. The molecule has 1 saturated heterocycles. The van der Waals surface area contributed by atoms with Gasteiger partial charge in [0.2, 0.25) is 0 Å². The number of piperazine rings is 1. The fraction of sp³-hybridized carbons (Fsp3) is 0.400. The molecule has 134 valence electrons. The molecule has 5 heteroatoms. The fourth-order valence-electron chi connectivity index (χ4n) is 2.82. The van der Waals surface area contributed by atoms with Gasteiger partial charge in [-0.25, -0.2) is 0 Å². The van der Waals surface area contributed by atoms with Gasteiger partial charge in [0, 0.05) is 43.3 Å². The lowest BCUT2D eigenvalue weighted by atomic mass is 10.2. The van der Waals surface area contributed by atoms with Crippen LogP contribution in [-0.4, -0.2) is 39.4 Å². The molecule has 0 bridgehead atoms. The summed E-state index contributed by atoms with van der Waals surface area (Å²) in [5.74, 6) is 0.907. The molecule has 1 aliphatic heterocycles. The molecular weight excluding hydrogens is 336 g/mol. The molecule has 0 aliphatic carbocycles. The van der Waals surface area contributed by atoms with Gasteiger partial charge < -0.3 is 19.7 Å². The van der Waals surface area contributed by atoms with Crippen LogP contribution in [0, 0.1) is 0 Å². The zero-order chi connectivity index (χ0) is 17.3. The molecule has 25 heavy (non-hydrogen) atoms. The van der Waals surface area contributed by atoms with Gasteiger partial charge in [-0.1, -0.05) is 29.8 Å². The predicted octanol–water partition coefficient (Wildman–Crippen LogP) is 3.74. The SMILES string of the molecule is Clc1ccccc1COCCCOc1ccc(N2CCNCC2)cc1. The number of nitrogens with one attached hydrogen (secondary N) is 1. The maximum absolute atomic E-state index is 6.10. The molecule has 1 fully saturated rings. The third-order valence-electron chi connectivity index (χ3n) is 4.24. The Balaban J connectivity index is 1.33. The van der Waals surface area contributed by atoms with E-state index in [1.165, 1.54) is 5.69 Å². The van der Waals surface area contributed by atoms with Crippen molar-refractivity contribution in [3.8, 4) is 5.75 Å². The summed E-state index contributed by atoms with van der Waals surface area (Å²) in [4.78, 5) is 2.39. The molecule has 1 heterocycles. The van der Waals surface area contributed by atoms with Crippen LogP contribution in [0.2, 0.25) is 5.02 Å². The van der Waals surface area contributed by atoms with E-state index in [2.05, 4.69) is 22.3 Å². The predicted molar refractivity (Wildman–Crippen MR) is 103 cm³/mol. The Morgan fingerprint density at radius 1 is 0.960 bits per heavy atom. The van der Waals surface area contributed by atoms with Crippen molar-refractivity contribution >= 4 is 17.3 Å². The maximum Gasteiger partial charge on any atom is 0.119 e. The minimum atomic E-state index is 0.541. The van der Waals surface area contributed by atoms with Crippen LogP contribution < -0.4 is 15.0 Å². The van der Waals surface area contributed by atoms with Gasteiger partial charge in [-0.3, -0.25) is 0 Å². The van der Waals surface area contributed by atoms with Crippen molar-refractivity contribution in [1.82, 2.24) is 5.32 Å². The second-order valence-corrected chi connectivity index (χ2v) is 6.48. The first-order chi connectivity index (χ1) is 12.3. The summed E-state index contributed by atoms with van der Waals surface area (Å²) < 4.78 is 11.4. The summed E-state index contributed by atoms with van der Waals surface area (Å²) in [6.07, 6.45) is 0.851. The van der Waals surface area contributed by atoms with Gasteiger partial charge in [-0.2, -0.15) is 0 Å². The van der Waals surface area contributed by atoms with Crippen molar-refractivity contribution in [2.24, 2.45) is 0 Å². The molecule has 2 aromatic carbocycles. The van der Waals surface area contributed by atoms with Crippen LogP contribution in [0.25, 0.3) is 0 Å². The normalized spacial score (nSPS) is 14.5. The van der Waals surface area contributed by atoms with E-state index in [4.69, 9.17) is 21.1 Å². The van der Waals surface area contributed by atoms with E-state index in [0.717, 1.165) is 48.9 Å². The first kappa shape index (κ1) is 18.1. The number of halogens is 1. The first-order valence-electron chi connectivity index (χ1n) is 8.82. The topological polar surface area (TPSA) is 33.7 Å². The minimum absolute atomic E-state index is 0.541. The summed E-state index contributed by atoms with van der Waals surface area (Å²) in [5, 5.41) is 4.12. The average molecular weight is 361 g/mol. The lowest BCUT2D eigenvalue weighted by molar-refractivity contribution is 0.107. The highest BCUT2D eigenvalue weighted by molar-refractivity contribution is 6.31. The fourth-order valence-corrected chi connectivity index (χ4v) is 3.02. The smallest absolute Gasteiger partial charge is 0.119 e. The number of anilines is 1. The van der Waals surface area contributed by atoms with Gasteiger partial charge in [0.15, 0.2) is 0 Å².